The van der Waals surface area contributed by atoms with Crippen molar-refractivity contribution in [1.29, 1.82) is 0 Å². The Morgan fingerprint density at radius 1 is 1.00 bits per heavy atom. The number of nitrogens with zero attached hydrogens (tertiary/aromatic N) is 3. The van der Waals surface area contributed by atoms with E-state index in [2.05, 4.69) is 25.6 Å². The summed E-state index contributed by atoms with van der Waals surface area (Å²) in [6, 6.07) is 11.4. The molecule has 4 rings (SSSR count). The fraction of sp³-hybridized carbons (Fsp3) is 0.167. The van der Waals surface area contributed by atoms with Crippen LogP contribution in [0.25, 0.3) is 22.0 Å². The molecule has 0 fully saturated rings. The summed E-state index contributed by atoms with van der Waals surface area (Å²) in [4.78, 5) is 24.2. The Balaban J connectivity index is 1.67. The van der Waals surface area contributed by atoms with E-state index in [4.69, 9.17) is 17.3 Å². The molecule has 2 heterocycles. The molecule has 0 aliphatic rings. The monoisotopic (exact) mass is 464 g/mol. The van der Waals surface area contributed by atoms with Gasteiger partial charge in [0.2, 0.25) is 11.9 Å². The summed E-state index contributed by atoms with van der Waals surface area (Å²) in [7, 11) is 0. The zero-order valence-electron chi connectivity index (χ0n) is 18.0. The molecule has 0 aliphatic heterocycles. The minimum atomic E-state index is -0.588. The van der Waals surface area contributed by atoms with Gasteiger partial charge >= 0.3 is 0 Å². The van der Waals surface area contributed by atoms with Crippen LogP contribution in [0.15, 0.2) is 61.1 Å². The molecule has 168 valence electrons. The maximum absolute atomic E-state index is 14.3. The molecule has 0 radical (unpaired) electrons. The van der Waals surface area contributed by atoms with E-state index in [1.165, 1.54) is 6.07 Å². The van der Waals surface area contributed by atoms with Crippen molar-refractivity contribution in [2.45, 2.75) is 25.9 Å². The Kier molecular flexibility index (Phi) is 6.37. The van der Waals surface area contributed by atoms with Crippen LogP contribution in [0.5, 0.6) is 0 Å². The lowest BCUT2D eigenvalue weighted by molar-refractivity contribution is -0.118. The molecule has 0 saturated heterocycles. The van der Waals surface area contributed by atoms with Gasteiger partial charge in [0, 0.05) is 35.1 Å². The molecule has 7 nitrogen and oxygen atoms in total. The second-order valence-corrected chi connectivity index (χ2v) is 8.07. The second kappa shape index (κ2) is 9.38. The van der Waals surface area contributed by atoms with Crippen LogP contribution in [0.4, 0.5) is 16.0 Å². The van der Waals surface area contributed by atoms with Gasteiger partial charge in [-0.1, -0.05) is 35.9 Å². The lowest BCUT2D eigenvalue weighted by atomic mass is 10.0. The highest BCUT2D eigenvalue weighted by Crippen LogP contribution is 2.35. The summed E-state index contributed by atoms with van der Waals surface area (Å²) in [6.07, 6.45) is 4.87. The topological polar surface area (TPSA) is 106 Å². The number of benzene rings is 2. The molecule has 0 bridgehead atoms. The third kappa shape index (κ3) is 4.85. The van der Waals surface area contributed by atoms with E-state index >= 15 is 0 Å². The number of nitrogens with one attached hydrogen (secondary N) is 2. The van der Waals surface area contributed by atoms with Crippen molar-refractivity contribution in [1.82, 2.24) is 15.0 Å². The van der Waals surface area contributed by atoms with E-state index in [0.717, 1.165) is 22.0 Å². The van der Waals surface area contributed by atoms with Gasteiger partial charge < -0.3 is 16.4 Å². The molecule has 4 N–H and O–H groups in total. The van der Waals surface area contributed by atoms with Crippen molar-refractivity contribution in [3.8, 4) is 11.1 Å². The van der Waals surface area contributed by atoms with Crippen LogP contribution in [0.3, 0.4) is 0 Å². The standard InChI is InChI=1S/C24H22ClFN6O/c1-13(17-5-3-4-6-20(17)26)31-22-18-9-15(7-8-21(18)28-12-19(22)25)16-10-29-24(30-11-16)32-14(2)23(27)33/h3-14H,1-2H3,(H2,27,33)(H,28,31)(H,29,30,32)/t13-,14?/m1/s1. The van der Waals surface area contributed by atoms with Crippen molar-refractivity contribution in [3.05, 3.63) is 77.5 Å². The van der Waals surface area contributed by atoms with Crippen LogP contribution in [0, 0.1) is 5.82 Å². The predicted octanol–water partition coefficient (Wildman–Crippen LogP) is 4.94. The van der Waals surface area contributed by atoms with Gasteiger partial charge in [0.1, 0.15) is 11.9 Å². The highest BCUT2D eigenvalue weighted by atomic mass is 35.5. The summed E-state index contributed by atoms with van der Waals surface area (Å²) in [5, 5.41) is 7.39. The minimum absolute atomic E-state index is 0.288. The number of halogens is 2. The maximum atomic E-state index is 14.3. The maximum Gasteiger partial charge on any atom is 0.239 e. The molecule has 2 aromatic heterocycles. The fourth-order valence-corrected chi connectivity index (χ4v) is 3.64. The number of fused-ring (bicyclic) bond motifs is 1. The van der Waals surface area contributed by atoms with Crippen LogP contribution >= 0.6 is 11.6 Å². The lowest BCUT2D eigenvalue weighted by Crippen LogP contribution is -2.33. The summed E-state index contributed by atoms with van der Waals surface area (Å²) in [5.41, 5.74) is 8.82. The van der Waals surface area contributed by atoms with E-state index in [9.17, 15) is 9.18 Å². The Bertz CT molecular complexity index is 1310. The summed E-state index contributed by atoms with van der Waals surface area (Å²) in [5.74, 6) is -0.480. The van der Waals surface area contributed by atoms with Crippen molar-refractivity contribution in [3.63, 3.8) is 0 Å². The van der Waals surface area contributed by atoms with Gasteiger partial charge in [0.25, 0.3) is 0 Å². The van der Waals surface area contributed by atoms with Gasteiger partial charge in [-0.05, 0) is 37.6 Å². The Hall–Kier alpha value is -3.78. The number of carbonyl (C=O) groups excluding carboxylic acids is 1. The summed E-state index contributed by atoms with van der Waals surface area (Å²) >= 11 is 6.48. The number of carbonyl (C=O) groups is 1. The van der Waals surface area contributed by atoms with E-state index in [1.807, 2.05) is 25.1 Å². The highest BCUT2D eigenvalue weighted by molar-refractivity contribution is 6.34. The van der Waals surface area contributed by atoms with Crippen molar-refractivity contribution in [2.75, 3.05) is 10.6 Å². The van der Waals surface area contributed by atoms with Crippen LogP contribution in [0.1, 0.15) is 25.5 Å². The number of hydrogen-bond donors (Lipinski definition) is 3. The van der Waals surface area contributed by atoms with Gasteiger partial charge in [0.05, 0.1) is 22.3 Å². The SMILES string of the molecule is CC(Nc1ncc(-c2ccc3ncc(Cl)c(N[C@H](C)c4ccccc4F)c3c2)cn1)C(N)=O. The van der Waals surface area contributed by atoms with Crippen molar-refractivity contribution in [2.24, 2.45) is 5.73 Å². The molecule has 1 amide bonds. The normalized spacial score (nSPS) is 12.8. The number of primary amides is 1. The van der Waals surface area contributed by atoms with E-state index in [0.29, 0.717) is 22.2 Å². The number of nitrogens with two attached hydrogens (primary N) is 1. The predicted molar refractivity (Wildman–Crippen MR) is 128 cm³/mol. The average molecular weight is 465 g/mol. The van der Waals surface area contributed by atoms with E-state index < -0.39 is 11.9 Å². The molecule has 33 heavy (non-hydrogen) atoms. The van der Waals surface area contributed by atoms with Gasteiger partial charge in [-0.15, -0.1) is 0 Å². The molecular weight excluding hydrogens is 443 g/mol. The Labute approximate surface area is 195 Å². The van der Waals surface area contributed by atoms with Gasteiger partial charge in [-0.25, -0.2) is 14.4 Å². The molecule has 9 heteroatoms. The molecule has 0 saturated carbocycles. The van der Waals surface area contributed by atoms with Gasteiger partial charge in [0.15, 0.2) is 0 Å². The highest BCUT2D eigenvalue weighted by Gasteiger charge is 2.16. The smallest absolute Gasteiger partial charge is 0.239 e. The fourth-order valence-electron chi connectivity index (χ4n) is 3.43. The van der Waals surface area contributed by atoms with Crippen molar-refractivity contribution < 1.29 is 9.18 Å². The first-order chi connectivity index (χ1) is 15.8. The second-order valence-electron chi connectivity index (χ2n) is 7.66. The number of pyridine rings is 1. The third-order valence-electron chi connectivity index (χ3n) is 5.31. The van der Waals surface area contributed by atoms with Crippen LogP contribution in [-0.4, -0.2) is 26.9 Å². The molecule has 2 atom stereocenters. The number of rotatable bonds is 7. The summed E-state index contributed by atoms with van der Waals surface area (Å²) in [6.45, 7) is 3.51. The first kappa shape index (κ1) is 22.4. The zero-order chi connectivity index (χ0) is 23.5. The molecule has 2 aromatic carbocycles. The number of hydrogen-bond acceptors (Lipinski definition) is 6. The van der Waals surface area contributed by atoms with Crippen LogP contribution in [0.2, 0.25) is 5.02 Å². The Morgan fingerprint density at radius 3 is 2.42 bits per heavy atom. The summed E-state index contributed by atoms with van der Waals surface area (Å²) < 4.78 is 14.3. The first-order valence-electron chi connectivity index (χ1n) is 10.3. The molecule has 0 spiro atoms. The molecule has 0 aliphatic carbocycles. The first-order valence-corrected chi connectivity index (χ1v) is 10.7. The van der Waals surface area contributed by atoms with Gasteiger partial charge in [-0.2, -0.15) is 0 Å². The third-order valence-corrected chi connectivity index (χ3v) is 5.60. The quantitative estimate of drug-likeness (QED) is 0.357. The van der Waals surface area contributed by atoms with E-state index in [1.54, 1.807) is 43.7 Å². The number of aromatic nitrogens is 3. The zero-order valence-corrected chi connectivity index (χ0v) is 18.8. The average Bonchev–Trinajstić information content (AvgIpc) is 2.81. The van der Waals surface area contributed by atoms with Crippen LogP contribution < -0.4 is 16.4 Å². The number of anilines is 2. The molecule has 1 unspecified atom stereocenters. The van der Waals surface area contributed by atoms with Gasteiger partial charge in [-0.3, -0.25) is 9.78 Å². The van der Waals surface area contributed by atoms with Crippen molar-refractivity contribution >= 4 is 40.0 Å². The molecular formula is C24H22ClFN6O. The van der Waals surface area contributed by atoms with E-state index in [-0.39, 0.29) is 11.9 Å². The minimum Gasteiger partial charge on any atom is -0.377 e. The Morgan fingerprint density at radius 2 is 1.73 bits per heavy atom. The largest absolute Gasteiger partial charge is 0.377 e. The molecule has 4 aromatic rings. The van der Waals surface area contributed by atoms with Crippen LogP contribution in [-0.2, 0) is 4.79 Å². The number of amides is 1. The lowest BCUT2D eigenvalue weighted by Gasteiger charge is -2.19.